The third kappa shape index (κ3) is 6.34. The van der Waals surface area contributed by atoms with Crippen LogP contribution in [0, 0.1) is 5.41 Å². The molecule has 0 saturated heterocycles. The molecule has 0 aliphatic rings. The van der Waals surface area contributed by atoms with Gasteiger partial charge in [-0.05, 0) is 55.8 Å². The number of rotatable bonds is 9. The normalized spacial score (nSPS) is 12.2. The molecule has 6 rings (SSSR count). The predicted molar refractivity (Wildman–Crippen MR) is 179 cm³/mol. The van der Waals surface area contributed by atoms with E-state index in [-0.39, 0.29) is 4.75 Å². The van der Waals surface area contributed by atoms with E-state index in [1.54, 1.807) is 44.1 Å². The van der Waals surface area contributed by atoms with E-state index >= 15 is 0 Å². The number of nitrogens with zero attached hydrogens (tertiary/aromatic N) is 4. The fraction of sp³-hybridized carbons (Fsp3) is 0.257. The van der Waals surface area contributed by atoms with Gasteiger partial charge in [-0.3, -0.25) is 4.79 Å². The third-order valence-electron chi connectivity index (χ3n) is 7.29. The Kier molecular flexibility index (Phi) is 7.94. The Morgan fingerprint density at radius 3 is 2.36 bits per heavy atom. The van der Waals surface area contributed by atoms with E-state index in [1.165, 1.54) is 11.3 Å². The Bertz CT molecular complexity index is 1920. The first-order chi connectivity index (χ1) is 21.0. The summed E-state index contributed by atoms with van der Waals surface area (Å²) in [6, 6.07) is 24.2. The number of aromatic nitrogens is 4. The molecule has 224 valence electrons. The highest BCUT2D eigenvalue weighted by Crippen LogP contribution is 2.45. The summed E-state index contributed by atoms with van der Waals surface area (Å²) in [6.45, 7) is 10.7. The molecule has 0 aliphatic heterocycles. The van der Waals surface area contributed by atoms with Crippen LogP contribution < -0.4 is 4.74 Å². The number of carboxylic acid groups (broad SMARTS) is 1. The zero-order valence-corrected chi connectivity index (χ0v) is 27.0. The summed E-state index contributed by atoms with van der Waals surface area (Å²) < 4.78 is 9.53. The van der Waals surface area contributed by atoms with Gasteiger partial charge < -0.3 is 14.4 Å². The molecule has 0 spiro atoms. The molecule has 3 heterocycles. The first kappa shape index (κ1) is 29.8. The quantitative estimate of drug-likeness (QED) is 0.161. The molecule has 0 unspecified atom stereocenters. The number of hydrogen-bond acceptors (Lipinski definition) is 7. The van der Waals surface area contributed by atoms with E-state index in [0.717, 1.165) is 42.8 Å². The SMILES string of the molecule is CC(C)(C)Sc1c(CC(C)(C)C(=O)O)n(Cc2ccc(-c3ncccn3)cc2)c2ccc(Oc3nc4ccccc4s3)cc12. The second kappa shape index (κ2) is 11.7. The van der Waals surface area contributed by atoms with Crippen LogP contribution in [0.25, 0.3) is 32.5 Å². The lowest BCUT2D eigenvalue weighted by Gasteiger charge is -2.24. The highest BCUT2D eigenvalue weighted by atomic mass is 32.2. The maximum Gasteiger partial charge on any atom is 0.309 e. The first-order valence-corrected chi connectivity index (χ1v) is 16.1. The average Bonchev–Trinajstić information content (AvgIpc) is 3.51. The molecule has 1 N–H and O–H groups in total. The van der Waals surface area contributed by atoms with Gasteiger partial charge in [-0.1, -0.05) is 68.5 Å². The third-order valence-corrected chi connectivity index (χ3v) is 9.47. The lowest BCUT2D eigenvalue weighted by atomic mass is 9.88. The van der Waals surface area contributed by atoms with Crippen molar-refractivity contribution >= 4 is 50.2 Å². The lowest BCUT2D eigenvalue weighted by molar-refractivity contribution is -0.146. The van der Waals surface area contributed by atoms with Gasteiger partial charge in [-0.25, -0.2) is 15.0 Å². The number of carboxylic acids is 1. The average molecular weight is 623 g/mol. The number of ether oxygens (including phenoxy) is 1. The van der Waals surface area contributed by atoms with Crippen molar-refractivity contribution in [1.29, 1.82) is 0 Å². The highest BCUT2D eigenvalue weighted by molar-refractivity contribution is 8.00. The number of benzene rings is 3. The number of thioether (sulfide) groups is 1. The summed E-state index contributed by atoms with van der Waals surface area (Å²) in [6.07, 6.45) is 3.85. The van der Waals surface area contributed by atoms with E-state index in [1.807, 2.05) is 42.5 Å². The van der Waals surface area contributed by atoms with Gasteiger partial charge in [-0.2, -0.15) is 0 Å². The summed E-state index contributed by atoms with van der Waals surface area (Å²) in [7, 11) is 0. The molecule has 7 nitrogen and oxygen atoms in total. The topological polar surface area (TPSA) is 90.1 Å². The second-order valence-corrected chi connectivity index (χ2v) is 15.3. The molecular weight excluding hydrogens is 589 g/mol. The minimum absolute atomic E-state index is 0.109. The molecule has 44 heavy (non-hydrogen) atoms. The number of hydrogen-bond donors (Lipinski definition) is 1. The molecule has 0 radical (unpaired) electrons. The molecule has 6 aromatic rings. The fourth-order valence-corrected chi connectivity index (χ4v) is 7.10. The van der Waals surface area contributed by atoms with Gasteiger partial charge in [0.05, 0.1) is 15.6 Å². The molecule has 0 bridgehead atoms. The highest BCUT2D eigenvalue weighted by Gasteiger charge is 2.33. The Morgan fingerprint density at radius 1 is 0.955 bits per heavy atom. The Balaban J connectivity index is 1.46. The van der Waals surface area contributed by atoms with Crippen molar-refractivity contribution in [3.63, 3.8) is 0 Å². The number of fused-ring (bicyclic) bond motifs is 2. The van der Waals surface area contributed by atoms with Crippen LogP contribution in [0.1, 0.15) is 45.9 Å². The van der Waals surface area contributed by atoms with Crippen LogP contribution in [-0.2, 0) is 17.8 Å². The maximum absolute atomic E-state index is 12.4. The van der Waals surface area contributed by atoms with E-state index in [4.69, 9.17) is 4.74 Å². The standard InChI is InChI=1S/C35H34N4O3S2/c1-34(2,3)44-30-25-19-24(42-33-38-26-9-6-7-10-29(26)43-33)15-16-27(25)39(28(30)20-35(4,5)32(40)41)21-22-11-13-23(14-12-22)31-36-17-8-18-37-31/h6-19H,20-21H2,1-5H3,(H,40,41). The molecule has 0 atom stereocenters. The predicted octanol–water partition coefficient (Wildman–Crippen LogP) is 9.09. The zero-order valence-electron chi connectivity index (χ0n) is 25.4. The minimum atomic E-state index is -0.964. The zero-order chi connectivity index (χ0) is 31.1. The van der Waals surface area contributed by atoms with E-state index in [9.17, 15) is 9.90 Å². The second-order valence-electron chi connectivity index (χ2n) is 12.4. The first-order valence-electron chi connectivity index (χ1n) is 14.4. The summed E-state index contributed by atoms with van der Waals surface area (Å²) in [5, 5.41) is 11.8. The van der Waals surface area contributed by atoms with Crippen LogP contribution >= 0.6 is 23.1 Å². The number of aliphatic carboxylic acids is 1. The van der Waals surface area contributed by atoms with Crippen LogP contribution in [0.3, 0.4) is 0 Å². The summed E-state index contributed by atoms with van der Waals surface area (Å²) in [5.74, 6) is 0.549. The van der Waals surface area contributed by atoms with Crippen LogP contribution in [-0.4, -0.2) is 35.3 Å². The molecule has 0 saturated carbocycles. The Morgan fingerprint density at radius 2 is 1.68 bits per heavy atom. The van der Waals surface area contributed by atoms with Gasteiger partial charge in [0, 0.05) is 57.2 Å². The maximum atomic E-state index is 12.4. The molecule has 0 amide bonds. The van der Waals surface area contributed by atoms with Crippen molar-refractivity contribution in [2.75, 3.05) is 0 Å². The van der Waals surface area contributed by atoms with Crippen LogP contribution in [0.5, 0.6) is 10.9 Å². The van der Waals surface area contributed by atoms with Crippen LogP contribution in [0.2, 0.25) is 0 Å². The van der Waals surface area contributed by atoms with Gasteiger partial charge in [0.2, 0.25) is 0 Å². The van der Waals surface area contributed by atoms with Crippen LogP contribution in [0.15, 0.2) is 90.1 Å². The largest absolute Gasteiger partial charge is 0.481 e. The van der Waals surface area contributed by atoms with E-state index in [0.29, 0.717) is 29.7 Å². The molecule has 9 heteroatoms. The van der Waals surface area contributed by atoms with Crippen molar-refractivity contribution in [2.45, 2.75) is 57.2 Å². The van der Waals surface area contributed by atoms with Crippen molar-refractivity contribution in [2.24, 2.45) is 5.41 Å². The number of para-hydroxylation sites is 1. The summed E-state index contributed by atoms with van der Waals surface area (Å²) in [4.78, 5) is 26.8. The molecule has 0 fully saturated rings. The Hall–Kier alpha value is -4.21. The van der Waals surface area contributed by atoms with Crippen molar-refractivity contribution < 1.29 is 14.6 Å². The van der Waals surface area contributed by atoms with Crippen molar-refractivity contribution in [3.8, 4) is 22.3 Å². The van der Waals surface area contributed by atoms with Gasteiger partial charge in [0.15, 0.2) is 5.82 Å². The molecule has 0 aliphatic carbocycles. The van der Waals surface area contributed by atoms with Gasteiger partial charge in [-0.15, -0.1) is 11.8 Å². The molecule has 3 aromatic carbocycles. The summed E-state index contributed by atoms with van der Waals surface area (Å²) >= 11 is 3.27. The van der Waals surface area contributed by atoms with Gasteiger partial charge >= 0.3 is 5.97 Å². The monoisotopic (exact) mass is 622 g/mol. The lowest BCUT2D eigenvalue weighted by Crippen LogP contribution is -2.28. The van der Waals surface area contributed by atoms with Gasteiger partial charge in [0.1, 0.15) is 5.75 Å². The Labute approximate surface area is 265 Å². The fourth-order valence-electron chi connectivity index (χ4n) is 5.08. The van der Waals surface area contributed by atoms with E-state index in [2.05, 4.69) is 64.6 Å². The van der Waals surface area contributed by atoms with Crippen molar-refractivity contribution in [1.82, 2.24) is 19.5 Å². The molecular formula is C35H34N4O3S2. The summed E-state index contributed by atoms with van der Waals surface area (Å²) in [5.41, 5.74) is 4.01. The molecule has 3 aromatic heterocycles. The number of thiazole rings is 1. The van der Waals surface area contributed by atoms with Crippen molar-refractivity contribution in [3.05, 3.63) is 96.4 Å². The minimum Gasteiger partial charge on any atom is -0.481 e. The van der Waals surface area contributed by atoms with Crippen LogP contribution in [0.4, 0.5) is 0 Å². The van der Waals surface area contributed by atoms with E-state index < -0.39 is 11.4 Å². The smallest absolute Gasteiger partial charge is 0.309 e. The van der Waals surface area contributed by atoms with Gasteiger partial charge in [0.25, 0.3) is 5.19 Å². The number of carbonyl (C=O) groups is 1.